The zero-order chi connectivity index (χ0) is 14.5. The lowest BCUT2D eigenvalue weighted by Crippen LogP contribution is -2.43. The maximum atomic E-state index is 12.2. The van der Waals surface area contributed by atoms with E-state index in [1.807, 2.05) is 0 Å². The molecule has 1 atom stereocenters. The predicted octanol–water partition coefficient (Wildman–Crippen LogP) is 2.75. The fourth-order valence-corrected chi connectivity index (χ4v) is 3.75. The minimum atomic E-state index is 0.224. The summed E-state index contributed by atoms with van der Waals surface area (Å²) >= 11 is 0. The maximum Gasteiger partial charge on any atom is 0.234 e. The van der Waals surface area contributed by atoms with Gasteiger partial charge < -0.3 is 5.32 Å². The van der Waals surface area contributed by atoms with Crippen LogP contribution in [0.2, 0.25) is 0 Å². The van der Waals surface area contributed by atoms with Crippen molar-refractivity contribution in [3.05, 3.63) is 35.9 Å². The highest BCUT2D eigenvalue weighted by atomic mass is 16.2. The number of benzene rings is 1. The van der Waals surface area contributed by atoms with Crippen molar-refractivity contribution in [1.29, 1.82) is 0 Å². The number of hydrogen-bond donors (Lipinski definition) is 1. The molecule has 1 saturated carbocycles. The van der Waals surface area contributed by atoms with Crippen LogP contribution in [0.4, 0.5) is 0 Å². The molecule has 1 aliphatic heterocycles. The van der Waals surface area contributed by atoms with Crippen LogP contribution in [0.15, 0.2) is 30.3 Å². The molecule has 0 spiro atoms. The van der Waals surface area contributed by atoms with Gasteiger partial charge in [0.15, 0.2) is 0 Å². The van der Waals surface area contributed by atoms with Gasteiger partial charge in [-0.2, -0.15) is 0 Å². The predicted molar refractivity (Wildman–Crippen MR) is 85.1 cm³/mol. The van der Waals surface area contributed by atoms with Crippen LogP contribution in [0.3, 0.4) is 0 Å². The largest absolute Gasteiger partial charge is 0.352 e. The first-order valence-electron chi connectivity index (χ1n) is 8.38. The maximum absolute atomic E-state index is 12.2. The van der Waals surface area contributed by atoms with Gasteiger partial charge in [0.25, 0.3) is 0 Å². The van der Waals surface area contributed by atoms with E-state index in [-0.39, 0.29) is 5.91 Å². The molecular formula is C18H26N2O. The molecule has 2 aliphatic rings. The number of nitrogens with zero attached hydrogens (tertiary/aromatic N) is 1. The average Bonchev–Trinajstić information content (AvgIpc) is 3.13. The molecule has 114 valence electrons. The third kappa shape index (κ3) is 4.07. The standard InChI is InChI=1S/C18H26N2O/c21-18(19-16-9-4-5-10-16)14-20-12-6-11-17(20)13-15-7-2-1-3-8-15/h1-3,7-8,16-17H,4-6,9-14H2,(H,19,21). The lowest BCUT2D eigenvalue weighted by atomic mass is 10.0. The molecule has 0 bridgehead atoms. The van der Waals surface area contributed by atoms with Gasteiger partial charge in [-0.3, -0.25) is 9.69 Å². The summed E-state index contributed by atoms with van der Waals surface area (Å²) in [6.45, 7) is 1.64. The quantitative estimate of drug-likeness (QED) is 0.902. The van der Waals surface area contributed by atoms with Crippen molar-refractivity contribution in [2.24, 2.45) is 0 Å². The fraction of sp³-hybridized carbons (Fsp3) is 0.611. The van der Waals surface area contributed by atoms with E-state index in [1.165, 1.54) is 44.1 Å². The van der Waals surface area contributed by atoms with Crippen LogP contribution in [0.25, 0.3) is 0 Å². The summed E-state index contributed by atoms with van der Waals surface area (Å²) in [6.07, 6.45) is 8.37. The first-order valence-corrected chi connectivity index (χ1v) is 8.38. The van der Waals surface area contributed by atoms with Gasteiger partial charge >= 0.3 is 0 Å². The molecule has 1 heterocycles. The van der Waals surface area contributed by atoms with E-state index in [0.717, 1.165) is 13.0 Å². The number of carbonyl (C=O) groups is 1. The molecule has 2 fully saturated rings. The molecule has 21 heavy (non-hydrogen) atoms. The summed E-state index contributed by atoms with van der Waals surface area (Å²) in [5.41, 5.74) is 1.38. The third-order valence-corrected chi connectivity index (χ3v) is 4.88. The molecule has 1 aromatic rings. The van der Waals surface area contributed by atoms with Crippen molar-refractivity contribution < 1.29 is 4.79 Å². The van der Waals surface area contributed by atoms with Crippen molar-refractivity contribution in [2.45, 2.75) is 57.0 Å². The van der Waals surface area contributed by atoms with E-state index in [0.29, 0.717) is 18.6 Å². The second kappa shape index (κ2) is 7.08. The van der Waals surface area contributed by atoms with Crippen molar-refractivity contribution in [1.82, 2.24) is 10.2 Å². The number of carbonyl (C=O) groups excluding carboxylic acids is 1. The molecule has 1 saturated heterocycles. The molecular weight excluding hydrogens is 260 g/mol. The van der Waals surface area contributed by atoms with Crippen molar-refractivity contribution in [2.75, 3.05) is 13.1 Å². The fourth-order valence-electron chi connectivity index (χ4n) is 3.75. The van der Waals surface area contributed by atoms with E-state index in [9.17, 15) is 4.79 Å². The van der Waals surface area contributed by atoms with E-state index >= 15 is 0 Å². The Hall–Kier alpha value is -1.35. The Labute approximate surface area is 127 Å². The van der Waals surface area contributed by atoms with Gasteiger partial charge in [0.1, 0.15) is 0 Å². The smallest absolute Gasteiger partial charge is 0.234 e. The first kappa shape index (κ1) is 14.6. The monoisotopic (exact) mass is 286 g/mol. The second-order valence-corrected chi connectivity index (χ2v) is 6.51. The summed E-state index contributed by atoms with van der Waals surface area (Å²) in [7, 11) is 0. The van der Waals surface area contributed by atoms with E-state index in [1.54, 1.807) is 0 Å². The van der Waals surface area contributed by atoms with Crippen molar-refractivity contribution in [3.63, 3.8) is 0 Å². The number of nitrogens with one attached hydrogen (secondary N) is 1. The molecule has 1 amide bonds. The summed E-state index contributed by atoms with van der Waals surface area (Å²) in [5.74, 6) is 0.224. The van der Waals surface area contributed by atoms with Crippen molar-refractivity contribution >= 4 is 5.91 Å². The SMILES string of the molecule is O=C(CN1CCCC1Cc1ccccc1)NC1CCCC1. The molecule has 0 aromatic heterocycles. The van der Waals surface area contributed by atoms with Crippen LogP contribution in [-0.2, 0) is 11.2 Å². The summed E-state index contributed by atoms with van der Waals surface area (Å²) in [5, 5.41) is 3.21. The second-order valence-electron chi connectivity index (χ2n) is 6.51. The van der Waals surface area contributed by atoms with Crippen LogP contribution in [0.1, 0.15) is 44.1 Å². The zero-order valence-electron chi connectivity index (χ0n) is 12.8. The molecule has 1 N–H and O–H groups in total. The van der Waals surface area contributed by atoms with Gasteiger partial charge in [0.05, 0.1) is 6.54 Å². The highest BCUT2D eigenvalue weighted by Crippen LogP contribution is 2.21. The molecule has 0 radical (unpaired) electrons. The van der Waals surface area contributed by atoms with E-state index in [2.05, 4.69) is 40.5 Å². The number of hydrogen-bond acceptors (Lipinski definition) is 2. The Kier molecular flexibility index (Phi) is 4.91. The summed E-state index contributed by atoms with van der Waals surface area (Å²) in [6, 6.07) is 11.6. The minimum absolute atomic E-state index is 0.224. The van der Waals surface area contributed by atoms with Gasteiger partial charge in [-0.05, 0) is 44.2 Å². The molecule has 1 unspecified atom stereocenters. The number of amides is 1. The molecule has 1 aliphatic carbocycles. The van der Waals surface area contributed by atoms with Gasteiger partial charge in [0.2, 0.25) is 5.91 Å². The van der Waals surface area contributed by atoms with Crippen LogP contribution < -0.4 is 5.32 Å². The highest BCUT2D eigenvalue weighted by molar-refractivity contribution is 5.78. The van der Waals surface area contributed by atoms with Crippen molar-refractivity contribution in [3.8, 4) is 0 Å². The molecule has 3 rings (SSSR count). The van der Waals surface area contributed by atoms with Crippen LogP contribution in [-0.4, -0.2) is 36.0 Å². The highest BCUT2D eigenvalue weighted by Gasteiger charge is 2.27. The average molecular weight is 286 g/mol. The zero-order valence-corrected chi connectivity index (χ0v) is 12.8. The molecule has 3 nitrogen and oxygen atoms in total. The third-order valence-electron chi connectivity index (χ3n) is 4.88. The number of rotatable bonds is 5. The van der Waals surface area contributed by atoms with Gasteiger partial charge in [-0.1, -0.05) is 43.2 Å². The Morgan fingerprint density at radius 2 is 1.86 bits per heavy atom. The van der Waals surface area contributed by atoms with E-state index in [4.69, 9.17) is 0 Å². The lowest BCUT2D eigenvalue weighted by Gasteiger charge is -2.24. The minimum Gasteiger partial charge on any atom is -0.352 e. The van der Waals surface area contributed by atoms with Crippen LogP contribution >= 0.6 is 0 Å². The first-order chi connectivity index (χ1) is 10.3. The Morgan fingerprint density at radius 1 is 1.10 bits per heavy atom. The van der Waals surface area contributed by atoms with Gasteiger partial charge in [0, 0.05) is 12.1 Å². The summed E-state index contributed by atoms with van der Waals surface area (Å²) < 4.78 is 0. The summed E-state index contributed by atoms with van der Waals surface area (Å²) in [4.78, 5) is 14.6. The Morgan fingerprint density at radius 3 is 2.62 bits per heavy atom. The van der Waals surface area contributed by atoms with E-state index < -0.39 is 0 Å². The lowest BCUT2D eigenvalue weighted by molar-refractivity contribution is -0.123. The topological polar surface area (TPSA) is 32.3 Å². The Bertz CT molecular complexity index is 454. The normalized spacial score (nSPS) is 23.5. The molecule has 3 heteroatoms. The van der Waals surface area contributed by atoms with Gasteiger partial charge in [-0.25, -0.2) is 0 Å². The Balaban J connectivity index is 1.50. The van der Waals surface area contributed by atoms with Crippen LogP contribution in [0.5, 0.6) is 0 Å². The van der Waals surface area contributed by atoms with Gasteiger partial charge in [-0.15, -0.1) is 0 Å². The number of likely N-dealkylation sites (tertiary alicyclic amines) is 1. The molecule has 1 aromatic carbocycles. The van der Waals surface area contributed by atoms with Crippen LogP contribution in [0, 0.1) is 0 Å².